The Morgan fingerprint density at radius 2 is 1.83 bits per heavy atom. The summed E-state index contributed by atoms with van der Waals surface area (Å²) in [4.78, 5) is 23.4. The third-order valence-corrected chi connectivity index (χ3v) is 3.48. The van der Waals surface area contributed by atoms with Crippen LogP contribution in [0.2, 0.25) is 10.0 Å². The van der Waals surface area contributed by atoms with Gasteiger partial charge in [0.25, 0.3) is 0 Å². The molecule has 24 heavy (non-hydrogen) atoms. The number of ether oxygens (including phenoxy) is 2. The molecule has 2 aromatic carbocycles. The number of amides is 1. The van der Waals surface area contributed by atoms with Crippen LogP contribution in [0.25, 0.3) is 0 Å². The second-order valence-electron chi connectivity index (χ2n) is 4.74. The fourth-order valence-corrected chi connectivity index (χ4v) is 2.24. The van der Waals surface area contributed by atoms with Gasteiger partial charge in [-0.1, -0.05) is 42.3 Å². The molecule has 0 aliphatic rings. The third-order valence-electron chi connectivity index (χ3n) is 2.95. The molecule has 0 radical (unpaired) electrons. The molecule has 126 valence electrons. The van der Waals surface area contributed by atoms with Crippen LogP contribution < -0.4 is 14.8 Å². The molecule has 0 spiro atoms. The Bertz CT molecular complexity index is 749. The number of para-hydroxylation sites is 2. The fourth-order valence-electron chi connectivity index (χ4n) is 1.78. The van der Waals surface area contributed by atoms with Crippen molar-refractivity contribution in [2.24, 2.45) is 0 Å². The summed E-state index contributed by atoms with van der Waals surface area (Å²) in [6.45, 7) is 1.39. The van der Waals surface area contributed by atoms with Gasteiger partial charge in [0.2, 0.25) is 5.91 Å². The maximum absolute atomic E-state index is 11.9. The van der Waals surface area contributed by atoms with Gasteiger partial charge >= 0.3 is 5.97 Å². The van der Waals surface area contributed by atoms with Gasteiger partial charge in [0, 0.05) is 11.4 Å². The van der Waals surface area contributed by atoms with E-state index in [1.54, 1.807) is 43.3 Å². The number of benzene rings is 2. The molecule has 7 heteroatoms. The van der Waals surface area contributed by atoms with E-state index in [0.29, 0.717) is 27.9 Å². The SMILES string of the molecule is CCC(=O)Nc1ccccc1OC(=O)COc1ccc(Cl)cc1Cl. The zero-order chi connectivity index (χ0) is 17.5. The zero-order valence-corrected chi connectivity index (χ0v) is 14.4. The number of anilines is 1. The van der Waals surface area contributed by atoms with Gasteiger partial charge in [-0.2, -0.15) is 0 Å². The number of carbonyl (C=O) groups is 2. The van der Waals surface area contributed by atoms with Gasteiger partial charge in [-0.3, -0.25) is 4.79 Å². The van der Waals surface area contributed by atoms with Crippen molar-refractivity contribution in [1.29, 1.82) is 0 Å². The number of halogens is 2. The molecular weight excluding hydrogens is 353 g/mol. The monoisotopic (exact) mass is 367 g/mol. The Hall–Kier alpha value is -2.24. The van der Waals surface area contributed by atoms with Gasteiger partial charge < -0.3 is 14.8 Å². The normalized spacial score (nSPS) is 10.1. The van der Waals surface area contributed by atoms with E-state index < -0.39 is 5.97 Å². The van der Waals surface area contributed by atoms with Crippen LogP contribution in [0.3, 0.4) is 0 Å². The van der Waals surface area contributed by atoms with E-state index in [0.717, 1.165) is 0 Å². The highest BCUT2D eigenvalue weighted by molar-refractivity contribution is 6.35. The van der Waals surface area contributed by atoms with Crippen LogP contribution in [-0.2, 0) is 9.59 Å². The first-order valence-corrected chi connectivity index (χ1v) is 7.92. The Kier molecular flexibility index (Phi) is 6.46. The van der Waals surface area contributed by atoms with Crippen molar-refractivity contribution < 1.29 is 19.1 Å². The quantitative estimate of drug-likeness (QED) is 0.609. The summed E-state index contributed by atoms with van der Waals surface area (Å²) in [5, 5.41) is 3.43. The lowest BCUT2D eigenvalue weighted by molar-refractivity contribution is -0.136. The molecule has 0 saturated heterocycles. The smallest absolute Gasteiger partial charge is 0.349 e. The Labute approximate surface area is 149 Å². The predicted molar refractivity (Wildman–Crippen MR) is 93.0 cm³/mol. The van der Waals surface area contributed by atoms with Crippen molar-refractivity contribution in [3.63, 3.8) is 0 Å². The minimum absolute atomic E-state index is 0.178. The highest BCUT2D eigenvalue weighted by Gasteiger charge is 2.12. The molecule has 0 atom stereocenters. The van der Waals surface area contributed by atoms with Crippen LogP contribution in [0.5, 0.6) is 11.5 Å². The van der Waals surface area contributed by atoms with Crippen molar-refractivity contribution in [2.45, 2.75) is 13.3 Å². The summed E-state index contributed by atoms with van der Waals surface area (Å²) in [5.74, 6) is -0.234. The van der Waals surface area contributed by atoms with E-state index in [2.05, 4.69) is 5.32 Å². The summed E-state index contributed by atoms with van der Waals surface area (Å²) < 4.78 is 10.5. The zero-order valence-electron chi connectivity index (χ0n) is 12.8. The maximum Gasteiger partial charge on any atom is 0.349 e. The molecule has 0 bridgehead atoms. The molecule has 0 aliphatic heterocycles. The number of hydrogen-bond donors (Lipinski definition) is 1. The number of carbonyl (C=O) groups excluding carboxylic acids is 2. The summed E-state index contributed by atoms with van der Waals surface area (Å²) in [7, 11) is 0. The van der Waals surface area contributed by atoms with Gasteiger partial charge in [-0.05, 0) is 30.3 Å². The van der Waals surface area contributed by atoms with Crippen molar-refractivity contribution in [3.8, 4) is 11.5 Å². The summed E-state index contributed by atoms with van der Waals surface area (Å²) in [5.41, 5.74) is 0.419. The second-order valence-corrected chi connectivity index (χ2v) is 5.58. The minimum atomic E-state index is -0.626. The topological polar surface area (TPSA) is 64.6 Å². The van der Waals surface area contributed by atoms with Crippen LogP contribution in [0.15, 0.2) is 42.5 Å². The third kappa shape index (κ3) is 5.15. The molecule has 0 saturated carbocycles. The minimum Gasteiger partial charge on any atom is -0.480 e. The van der Waals surface area contributed by atoms with E-state index in [9.17, 15) is 9.59 Å². The van der Waals surface area contributed by atoms with Gasteiger partial charge in [0.05, 0.1) is 10.7 Å². The van der Waals surface area contributed by atoms with Gasteiger partial charge in [0.1, 0.15) is 5.75 Å². The van der Waals surface area contributed by atoms with Crippen molar-refractivity contribution >= 4 is 40.8 Å². The molecule has 5 nitrogen and oxygen atoms in total. The highest BCUT2D eigenvalue weighted by atomic mass is 35.5. The lowest BCUT2D eigenvalue weighted by atomic mass is 10.3. The van der Waals surface area contributed by atoms with E-state index >= 15 is 0 Å². The van der Waals surface area contributed by atoms with Crippen LogP contribution in [0, 0.1) is 0 Å². The number of hydrogen-bond acceptors (Lipinski definition) is 4. The molecule has 0 unspecified atom stereocenters. The molecular formula is C17H15Cl2NO4. The van der Waals surface area contributed by atoms with Crippen molar-refractivity contribution in [3.05, 3.63) is 52.5 Å². The van der Waals surface area contributed by atoms with Gasteiger partial charge in [-0.15, -0.1) is 0 Å². The standard InChI is InChI=1S/C17H15Cl2NO4/c1-2-16(21)20-13-5-3-4-6-15(13)24-17(22)10-23-14-8-7-11(18)9-12(14)19/h3-9H,2,10H2,1H3,(H,20,21). The molecule has 1 amide bonds. The average Bonchev–Trinajstić information content (AvgIpc) is 2.55. The first-order chi connectivity index (χ1) is 11.5. The first-order valence-electron chi connectivity index (χ1n) is 7.17. The maximum atomic E-state index is 11.9. The largest absolute Gasteiger partial charge is 0.480 e. The lowest BCUT2D eigenvalue weighted by Crippen LogP contribution is -2.19. The van der Waals surface area contributed by atoms with Crippen LogP contribution in [0.1, 0.15) is 13.3 Å². The molecule has 1 N–H and O–H groups in total. The average molecular weight is 368 g/mol. The number of nitrogens with one attached hydrogen (secondary N) is 1. The molecule has 0 fully saturated rings. The van der Waals surface area contributed by atoms with E-state index in [-0.39, 0.29) is 18.3 Å². The summed E-state index contributed by atoms with van der Waals surface area (Å²) in [6.07, 6.45) is 0.320. The second kappa shape index (κ2) is 8.57. The summed E-state index contributed by atoms with van der Waals surface area (Å²) in [6, 6.07) is 11.3. The summed E-state index contributed by atoms with van der Waals surface area (Å²) >= 11 is 11.8. The lowest BCUT2D eigenvalue weighted by Gasteiger charge is -2.11. The molecule has 2 rings (SSSR count). The van der Waals surface area contributed by atoms with Gasteiger partial charge in [0.15, 0.2) is 12.4 Å². The first kappa shape index (κ1) is 18.1. The van der Waals surface area contributed by atoms with Crippen molar-refractivity contribution in [2.75, 3.05) is 11.9 Å². The van der Waals surface area contributed by atoms with Crippen LogP contribution in [-0.4, -0.2) is 18.5 Å². The predicted octanol–water partition coefficient (Wildman–Crippen LogP) is 4.33. The Balaban J connectivity index is 1.98. The number of rotatable bonds is 6. The van der Waals surface area contributed by atoms with Crippen LogP contribution >= 0.6 is 23.2 Å². The van der Waals surface area contributed by atoms with E-state index in [1.165, 1.54) is 6.07 Å². The molecule has 0 heterocycles. The fraction of sp³-hybridized carbons (Fsp3) is 0.176. The molecule has 2 aromatic rings. The molecule has 0 aliphatic carbocycles. The number of esters is 1. The van der Waals surface area contributed by atoms with Crippen LogP contribution in [0.4, 0.5) is 5.69 Å². The van der Waals surface area contributed by atoms with E-state index in [1.807, 2.05) is 0 Å². The van der Waals surface area contributed by atoms with Gasteiger partial charge in [-0.25, -0.2) is 4.79 Å². The molecule has 0 aromatic heterocycles. The Morgan fingerprint density at radius 3 is 2.54 bits per heavy atom. The van der Waals surface area contributed by atoms with E-state index in [4.69, 9.17) is 32.7 Å². The van der Waals surface area contributed by atoms with Crippen molar-refractivity contribution in [1.82, 2.24) is 0 Å². The highest BCUT2D eigenvalue weighted by Crippen LogP contribution is 2.28. The Morgan fingerprint density at radius 1 is 1.08 bits per heavy atom.